The molecular formula is C14H18N2O6S. The first-order valence-electron chi connectivity index (χ1n) is 6.80. The summed E-state index contributed by atoms with van der Waals surface area (Å²) in [6.07, 6.45) is 1.10. The third-order valence-electron chi connectivity index (χ3n) is 2.62. The number of nitrogens with two attached hydrogens (primary N) is 1. The Morgan fingerprint density at radius 3 is 2.00 bits per heavy atom. The molecule has 9 heteroatoms. The van der Waals surface area contributed by atoms with Crippen molar-refractivity contribution < 1.29 is 27.5 Å². The molecule has 0 aliphatic heterocycles. The fourth-order valence-electron chi connectivity index (χ4n) is 1.56. The average Bonchev–Trinajstić information content (AvgIpc) is 2.47. The minimum Gasteiger partial charge on any atom is -0.465 e. The van der Waals surface area contributed by atoms with Crippen molar-refractivity contribution in [2.45, 2.75) is 18.7 Å². The molecule has 0 amide bonds. The van der Waals surface area contributed by atoms with Gasteiger partial charge in [-0.2, -0.15) is 0 Å². The van der Waals surface area contributed by atoms with Gasteiger partial charge in [-0.15, -0.1) is 0 Å². The van der Waals surface area contributed by atoms with Crippen LogP contribution in [0, 0.1) is 5.92 Å². The third-order valence-corrected chi connectivity index (χ3v) is 3.55. The molecule has 126 valence electrons. The van der Waals surface area contributed by atoms with Crippen molar-refractivity contribution in [1.29, 1.82) is 0 Å². The molecular weight excluding hydrogens is 324 g/mol. The highest BCUT2D eigenvalue weighted by molar-refractivity contribution is 7.89. The van der Waals surface area contributed by atoms with Gasteiger partial charge in [-0.3, -0.25) is 14.6 Å². The second-order valence-corrected chi connectivity index (χ2v) is 5.86. The van der Waals surface area contributed by atoms with Gasteiger partial charge in [0.1, 0.15) is 0 Å². The van der Waals surface area contributed by atoms with Crippen LogP contribution >= 0.6 is 0 Å². The van der Waals surface area contributed by atoms with Crippen LogP contribution in [0.4, 0.5) is 5.69 Å². The van der Waals surface area contributed by atoms with Crippen molar-refractivity contribution in [1.82, 2.24) is 0 Å². The zero-order chi connectivity index (χ0) is 17.5. The zero-order valence-corrected chi connectivity index (χ0v) is 13.6. The molecule has 0 aromatic heterocycles. The minimum absolute atomic E-state index is 0.0659. The lowest BCUT2D eigenvalue weighted by atomic mass is 10.1. The SMILES string of the molecule is CCOC(=O)C(C=Nc1ccc(S(N)(=O)=O)cc1)C(=O)OCC. The highest BCUT2D eigenvalue weighted by atomic mass is 32.2. The standard InChI is InChI=1S/C14H18N2O6S/c1-3-21-13(17)12(14(18)22-4-2)9-16-10-5-7-11(8-6-10)23(15,19)20/h5-9,12H,3-4H2,1-2H3,(H2,15,19,20). The third kappa shape index (κ3) is 5.80. The van der Waals surface area contributed by atoms with E-state index in [1.807, 2.05) is 0 Å². The quantitative estimate of drug-likeness (QED) is 0.443. The van der Waals surface area contributed by atoms with E-state index in [1.165, 1.54) is 24.3 Å². The lowest BCUT2D eigenvalue weighted by Crippen LogP contribution is -2.29. The number of carbonyl (C=O) groups is 2. The number of hydrogen-bond acceptors (Lipinski definition) is 7. The molecule has 0 atom stereocenters. The topological polar surface area (TPSA) is 125 Å². The molecule has 0 fully saturated rings. The van der Waals surface area contributed by atoms with E-state index in [4.69, 9.17) is 14.6 Å². The Balaban J connectivity index is 2.96. The maximum atomic E-state index is 11.8. The molecule has 2 N–H and O–H groups in total. The molecule has 0 heterocycles. The number of benzene rings is 1. The van der Waals surface area contributed by atoms with Gasteiger partial charge >= 0.3 is 11.9 Å². The number of carbonyl (C=O) groups excluding carboxylic acids is 2. The van der Waals surface area contributed by atoms with Crippen LogP contribution in [0.3, 0.4) is 0 Å². The lowest BCUT2D eigenvalue weighted by Gasteiger charge is -2.10. The minimum atomic E-state index is -3.79. The predicted molar refractivity (Wildman–Crippen MR) is 82.7 cm³/mol. The molecule has 0 radical (unpaired) electrons. The van der Waals surface area contributed by atoms with Crippen LogP contribution in [0.1, 0.15) is 13.8 Å². The van der Waals surface area contributed by atoms with Crippen molar-refractivity contribution >= 4 is 33.9 Å². The number of sulfonamides is 1. The molecule has 0 aliphatic carbocycles. The van der Waals surface area contributed by atoms with Gasteiger partial charge in [0.05, 0.1) is 23.8 Å². The summed E-state index contributed by atoms with van der Waals surface area (Å²) in [5.74, 6) is -2.82. The predicted octanol–water partition coefficient (Wildman–Crippen LogP) is 0.779. The number of hydrogen-bond donors (Lipinski definition) is 1. The largest absolute Gasteiger partial charge is 0.465 e. The Hall–Kier alpha value is -2.26. The van der Waals surface area contributed by atoms with Crippen molar-refractivity contribution in [3.63, 3.8) is 0 Å². The number of primary sulfonamides is 1. The highest BCUT2D eigenvalue weighted by Gasteiger charge is 2.27. The van der Waals surface area contributed by atoms with E-state index in [1.54, 1.807) is 13.8 Å². The van der Waals surface area contributed by atoms with Crippen LogP contribution in [0.2, 0.25) is 0 Å². The summed E-state index contributed by atoms with van der Waals surface area (Å²) in [5.41, 5.74) is 0.344. The molecule has 0 aliphatic rings. The van der Waals surface area contributed by atoms with Gasteiger partial charge in [-0.05, 0) is 38.1 Å². The summed E-state index contributed by atoms with van der Waals surface area (Å²) in [5, 5.41) is 4.99. The van der Waals surface area contributed by atoms with Crippen LogP contribution in [0.5, 0.6) is 0 Å². The van der Waals surface area contributed by atoms with Crippen molar-refractivity contribution in [2.75, 3.05) is 13.2 Å². The number of rotatable bonds is 7. The van der Waals surface area contributed by atoms with Gasteiger partial charge in [0.2, 0.25) is 10.0 Å². The van der Waals surface area contributed by atoms with Crippen LogP contribution in [0.15, 0.2) is 34.2 Å². The van der Waals surface area contributed by atoms with E-state index in [0.717, 1.165) is 6.21 Å². The summed E-state index contributed by atoms with van der Waals surface area (Å²) >= 11 is 0. The molecule has 0 saturated heterocycles. The highest BCUT2D eigenvalue weighted by Crippen LogP contribution is 2.16. The zero-order valence-electron chi connectivity index (χ0n) is 12.8. The Bertz CT molecular complexity index is 664. The lowest BCUT2D eigenvalue weighted by molar-refractivity contribution is -0.157. The maximum absolute atomic E-state index is 11.8. The van der Waals surface area contributed by atoms with E-state index < -0.39 is 27.9 Å². The monoisotopic (exact) mass is 342 g/mol. The fourth-order valence-corrected chi connectivity index (χ4v) is 2.08. The van der Waals surface area contributed by atoms with Crippen molar-refractivity contribution in [3.8, 4) is 0 Å². The Morgan fingerprint density at radius 1 is 1.13 bits per heavy atom. The average molecular weight is 342 g/mol. The van der Waals surface area contributed by atoms with E-state index in [9.17, 15) is 18.0 Å². The second-order valence-electron chi connectivity index (χ2n) is 4.30. The summed E-state index contributed by atoms with van der Waals surface area (Å²) in [4.78, 5) is 27.4. The van der Waals surface area contributed by atoms with Gasteiger partial charge < -0.3 is 9.47 Å². The summed E-state index contributed by atoms with van der Waals surface area (Å²) < 4.78 is 31.9. The van der Waals surface area contributed by atoms with Crippen molar-refractivity contribution in [3.05, 3.63) is 24.3 Å². The summed E-state index contributed by atoms with van der Waals surface area (Å²) in [6.45, 7) is 3.46. The van der Waals surface area contributed by atoms with Crippen LogP contribution in [-0.4, -0.2) is 39.8 Å². The normalized spacial score (nSPS) is 11.7. The number of nitrogens with zero attached hydrogens (tertiary/aromatic N) is 1. The van der Waals surface area contributed by atoms with Crippen LogP contribution in [0.25, 0.3) is 0 Å². The van der Waals surface area contributed by atoms with Crippen molar-refractivity contribution in [2.24, 2.45) is 16.0 Å². The molecule has 1 aromatic rings. The number of ether oxygens (including phenoxy) is 2. The maximum Gasteiger partial charge on any atom is 0.325 e. The molecule has 1 aromatic carbocycles. The van der Waals surface area contributed by atoms with E-state index in [0.29, 0.717) is 5.69 Å². The van der Waals surface area contributed by atoms with Gasteiger partial charge in [-0.25, -0.2) is 13.6 Å². The summed E-state index contributed by atoms with van der Waals surface area (Å²) in [7, 11) is -3.79. The molecule has 0 spiro atoms. The van der Waals surface area contributed by atoms with Gasteiger partial charge in [0, 0.05) is 6.21 Å². The van der Waals surface area contributed by atoms with Crippen LogP contribution in [-0.2, 0) is 29.1 Å². The molecule has 23 heavy (non-hydrogen) atoms. The van der Waals surface area contributed by atoms with E-state index >= 15 is 0 Å². The number of aliphatic imine (C=N–C) groups is 1. The van der Waals surface area contributed by atoms with E-state index in [-0.39, 0.29) is 18.1 Å². The first kappa shape index (κ1) is 18.8. The first-order chi connectivity index (χ1) is 10.8. The summed E-state index contributed by atoms with van der Waals surface area (Å²) in [6, 6.07) is 5.32. The Labute approximate surface area is 134 Å². The first-order valence-corrected chi connectivity index (χ1v) is 8.34. The molecule has 1 rings (SSSR count). The van der Waals surface area contributed by atoms with E-state index in [2.05, 4.69) is 4.99 Å². The van der Waals surface area contributed by atoms with Gasteiger partial charge in [-0.1, -0.05) is 0 Å². The molecule has 0 unspecified atom stereocenters. The Morgan fingerprint density at radius 2 is 1.61 bits per heavy atom. The van der Waals surface area contributed by atoms with Crippen LogP contribution < -0.4 is 5.14 Å². The molecule has 0 bridgehead atoms. The molecule has 8 nitrogen and oxygen atoms in total. The fraction of sp³-hybridized carbons (Fsp3) is 0.357. The second kappa shape index (κ2) is 8.39. The Kier molecular flexibility index (Phi) is 6.86. The molecule has 0 saturated carbocycles. The van der Waals surface area contributed by atoms with Gasteiger partial charge in [0.25, 0.3) is 0 Å². The smallest absolute Gasteiger partial charge is 0.325 e. The van der Waals surface area contributed by atoms with Gasteiger partial charge in [0.15, 0.2) is 5.92 Å². The number of esters is 2.